The average Bonchev–Trinajstić information content (AvgIpc) is 2.27. The number of hydrogen-bond donors (Lipinski definition) is 2. The highest BCUT2D eigenvalue weighted by Crippen LogP contribution is 2.10. The third-order valence-corrected chi connectivity index (χ3v) is 2.19. The van der Waals surface area contributed by atoms with Crippen molar-refractivity contribution in [1.82, 2.24) is 0 Å². The van der Waals surface area contributed by atoms with E-state index in [1.165, 1.54) is 0 Å². The lowest BCUT2D eigenvalue weighted by atomic mass is 10.1. The molecule has 0 aromatic heterocycles. The maximum Gasteiger partial charge on any atom is 0.226 e. The van der Waals surface area contributed by atoms with E-state index in [9.17, 15) is 9.90 Å². The lowest BCUT2D eigenvalue weighted by Gasteiger charge is -2.08. The van der Waals surface area contributed by atoms with Gasteiger partial charge >= 0.3 is 0 Å². The number of carbonyl (C=O) groups is 1. The minimum absolute atomic E-state index is 0.00896. The van der Waals surface area contributed by atoms with E-state index in [0.717, 1.165) is 11.3 Å². The molecular formula is C15H19NO2. The highest BCUT2D eigenvalue weighted by Gasteiger charge is 2.07. The summed E-state index contributed by atoms with van der Waals surface area (Å²) in [4.78, 5) is 11.5. The van der Waals surface area contributed by atoms with E-state index in [1.54, 1.807) is 26.0 Å². The summed E-state index contributed by atoms with van der Waals surface area (Å²) in [5.74, 6) is 5.56. The van der Waals surface area contributed by atoms with Crippen LogP contribution in [0, 0.1) is 17.8 Å². The van der Waals surface area contributed by atoms with Gasteiger partial charge in [0.25, 0.3) is 0 Å². The minimum atomic E-state index is -0.996. The topological polar surface area (TPSA) is 49.3 Å². The van der Waals surface area contributed by atoms with Crippen molar-refractivity contribution in [3.8, 4) is 11.8 Å². The van der Waals surface area contributed by atoms with Crippen molar-refractivity contribution in [3.05, 3.63) is 29.8 Å². The molecule has 0 saturated heterocycles. The van der Waals surface area contributed by atoms with Crippen molar-refractivity contribution >= 4 is 11.6 Å². The second-order valence-electron chi connectivity index (χ2n) is 5.03. The van der Waals surface area contributed by atoms with Crippen LogP contribution in [0.4, 0.5) is 5.69 Å². The van der Waals surface area contributed by atoms with Crippen LogP contribution in [0.25, 0.3) is 0 Å². The third kappa shape index (κ3) is 5.03. The second-order valence-corrected chi connectivity index (χ2v) is 5.03. The second kappa shape index (κ2) is 5.70. The van der Waals surface area contributed by atoms with Crippen molar-refractivity contribution in [2.45, 2.75) is 33.3 Å². The molecule has 1 amide bonds. The molecule has 0 radical (unpaired) electrons. The van der Waals surface area contributed by atoms with Gasteiger partial charge in [-0.25, -0.2) is 0 Å². The summed E-state index contributed by atoms with van der Waals surface area (Å²) in [5, 5.41) is 12.3. The first kappa shape index (κ1) is 14.3. The number of rotatable bonds is 2. The Kier molecular flexibility index (Phi) is 4.52. The maximum absolute atomic E-state index is 11.5. The predicted octanol–water partition coefficient (Wildman–Crippen LogP) is 2.40. The molecular weight excluding hydrogens is 226 g/mol. The van der Waals surface area contributed by atoms with Crippen molar-refractivity contribution in [2.24, 2.45) is 5.92 Å². The van der Waals surface area contributed by atoms with E-state index in [2.05, 4.69) is 17.2 Å². The van der Waals surface area contributed by atoms with Gasteiger partial charge in [0.05, 0.1) is 0 Å². The lowest BCUT2D eigenvalue weighted by Crippen LogP contribution is -2.17. The van der Waals surface area contributed by atoms with Crippen LogP contribution < -0.4 is 5.32 Å². The van der Waals surface area contributed by atoms with Crippen molar-refractivity contribution in [2.75, 3.05) is 5.32 Å². The molecule has 0 saturated carbocycles. The molecule has 18 heavy (non-hydrogen) atoms. The van der Waals surface area contributed by atoms with E-state index in [1.807, 2.05) is 26.0 Å². The molecule has 1 rings (SSSR count). The average molecular weight is 245 g/mol. The smallest absolute Gasteiger partial charge is 0.226 e. The normalized spacial score (nSPS) is 10.8. The summed E-state index contributed by atoms with van der Waals surface area (Å²) in [6, 6.07) is 7.23. The van der Waals surface area contributed by atoms with Crippen LogP contribution >= 0.6 is 0 Å². The highest BCUT2D eigenvalue weighted by atomic mass is 16.3. The van der Waals surface area contributed by atoms with E-state index >= 15 is 0 Å². The molecule has 0 aliphatic rings. The van der Waals surface area contributed by atoms with Gasteiger partial charge in [0.15, 0.2) is 0 Å². The standard InChI is InChI=1S/C15H19NO2/c1-11(2)14(17)16-13-7-5-12(6-8-13)9-10-15(3,4)18/h5-8,11,18H,1-4H3,(H,16,17). The summed E-state index contributed by atoms with van der Waals surface area (Å²) in [5.41, 5.74) is 0.562. The van der Waals surface area contributed by atoms with Crippen LogP contribution in [-0.4, -0.2) is 16.6 Å². The van der Waals surface area contributed by atoms with E-state index in [0.29, 0.717) is 0 Å². The molecule has 0 aliphatic carbocycles. The van der Waals surface area contributed by atoms with Gasteiger partial charge in [-0.15, -0.1) is 0 Å². The summed E-state index contributed by atoms with van der Waals surface area (Å²) in [7, 11) is 0. The molecule has 0 spiro atoms. The molecule has 0 aliphatic heterocycles. The monoisotopic (exact) mass is 245 g/mol. The summed E-state index contributed by atoms with van der Waals surface area (Å²) < 4.78 is 0. The van der Waals surface area contributed by atoms with Crippen LogP contribution in [0.2, 0.25) is 0 Å². The first-order valence-electron chi connectivity index (χ1n) is 5.94. The first-order valence-corrected chi connectivity index (χ1v) is 5.94. The Labute approximate surface area is 108 Å². The Morgan fingerprint density at radius 3 is 2.28 bits per heavy atom. The van der Waals surface area contributed by atoms with E-state index < -0.39 is 5.60 Å². The van der Waals surface area contributed by atoms with Crippen molar-refractivity contribution < 1.29 is 9.90 Å². The summed E-state index contributed by atoms with van der Waals surface area (Å²) in [6.45, 7) is 6.96. The molecule has 0 atom stereocenters. The van der Waals surface area contributed by atoms with Gasteiger partial charge in [0, 0.05) is 17.2 Å². The van der Waals surface area contributed by atoms with Crippen LogP contribution in [0.15, 0.2) is 24.3 Å². The minimum Gasteiger partial charge on any atom is -0.378 e. The molecule has 0 fully saturated rings. The van der Waals surface area contributed by atoms with Gasteiger partial charge in [-0.2, -0.15) is 0 Å². The number of hydrogen-bond acceptors (Lipinski definition) is 2. The first-order chi connectivity index (χ1) is 8.28. The fraction of sp³-hybridized carbons (Fsp3) is 0.400. The number of amides is 1. The summed E-state index contributed by atoms with van der Waals surface area (Å²) >= 11 is 0. The van der Waals surface area contributed by atoms with Gasteiger partial charge in [-0.3, -0.25) is 4.79 Å². The fourth-order valence-electron chi connectivity index (χ4n) is 1.15. The van der Waals surface area contributed by atoms with Crippen LogP contribution in [-0.2, 0) is 4.79 Å². The number of carbonyl (C=O) groups excluding carboxylic acids is 1. The Balaban J connectivity index is 2.74. The molecule has 0 unspecified atom stereocenters. The van der Waals surface area contributed by atoms with Crippen LogP contribution in [0.3, 0.4) is 0 Å². The van der Waals surface area contributed by atoms with Crippen molar-refractivity contribution in [1.29, 1.82) is 0 Å². The zero-order chi connectivity index (χ0) is 13.8. The Morgan fingerprint density at radius 2 is 1.83 bits per heavy atom. The number of aliphatic hydroxyl groups is 1. The van der Waals surface area contributed by atoms with Gasteiger partial charge in [0.2, 0.25) is 5.91 Å². The Bertz CT molecular complexity index is 470. The predicted molar refractivity (Wildman–Crippen MR) is 73.1 cm³/mol. The SMILES string of the molecule is CC(C)C(=O)Nc1ccc(C#CC(C)(C)O)cc1. The fourth-order valence-corrected chi connectivity index (χ4v) is 1.15. The van der Waals surface area contributed by atoms with E-state index in [4.69, 9.17) is 0 Å². The van der Waals surface area contributed by atoms with E-state index in [-0.39, 0.29) is 11.8 Å². The molecule has 0 heterocycles. The Morgan fingerprint density at radius 1 is 1.28 bits per heavy atom. The molecule has 3 heteroatoms. The van der Waals surface area contributed by atoms with Gasteiger partial charge in [-0.1, -0.05) is 25.7 Å². The van der Waals surface area contributed by atoms with Crippen LogP contribution in [0.1, 0.15) is 33.3 Å². The van der Waals surface area contributed by atoms with Crippen LogP contribution in [0.5, 0.6) is 0 Å². The number of nitrogens with one attached hydrogen (secondary N) is 1. The highest BCUT2D eigenvalue weighted by molar-refractivity contribution is 5.92. The molecule has 3 nitrogen and oxygen atoms in total. The lowest BCUT2D eigenvalue weighted by molar-refractivity contribution is -0.118. The third-order valence-electron chi connectivity index (χ3n) is 2.19. The quantitative estimate of drug-likeness (QED) is 0.786. The zero-order valence-corrected chi connectivity index (χ0v) is 11.2. The number of benzene rings is 1. The molecule has 2 N–H and O–H groups in total. The molecule has 1 aromatic carbocycles. The summed E-state index contributed by atoms with van der Waals surface area (Å²) in [6.07, 6.45) is 0. The van der Waals surface area contributed by atoms with Gasteiger partial charge < -0.3 is 10.4 Å². The number of anilines is 1. The zero-order valence-electron chi connectivity index (χ0n) is 11.2. The molecule has 1 aromatic rings. The molecule has 96 valence electrons. The van der Waals surface area contributed by atoms with Crippen molar-refractivity contribution in [3.63, 3.8) is 0 Å². The van der Waals surface area contributed by atoms with Gasteiger partial charge in [0.1, 0.15) is 5.60 Å². The largest absolute Gasteiger partial charge is 0.378 e. The maximum atomic E-state index is 11.5. The van der Waals surface area contributed by atoms with Gasteiger partial charge in [-0.05, 0) is 38.1 Å². The Hall–Kier alpha value is -1.79. The molecule has 0 bridgehead atoms.